The third-order valence-electron chi connectivity index (χ3n) is 7.08. The highest BCUT2D eigenvalue weighted by molar-refractivity contribution is 5.69. The highest BCUT2D eigenvalue weighted by Crippen LogP contribution is 2.45. The zero-order chi connectivity index (χ0) is 27.6. The summed E-state index contributed by atoms with van der Waals surface area (Å²) < 4.78 is 6.50. The highest BCUT2D eigenvalue weighted by Gasteiger charge is 2.32. The van der Waals surface area contributed by atoms with Gasteiger partial charge in [0.15, 0.2) is 0 Å². The number of fused-ring (bicyclic) bond motifs is 1. The third kappa shape index (κ3) is 4.69. The Morgan fingerprint density at radius 3 is 2.48 bits per heavy atom. The van der Waals surface area contributed by atoms with E-state index < -0.39 is 0 Å². The molecule has 1 heterocycles. The molecule has 0 saturated carbocycles. The molecule has 40 heavy (non-hydrogen) atoms. The molecule has 3 aromatic rings. The summed E-state index contributed by atoms with van der Waals surface area (Å²) in [6, 6.07) is 26.1. The molecule has 0 bridgehead atoms. The van der Waals surface area contributed by atoms with Crippen molar-refractivity contribution in [3.8, 4) is 11.1 Å². The van der Waals surface area contributed by atoms with Crippen LogP contribution in [0.25, 0.3) is 23.8 Å². The van der Waals surface area contributed by atoms with Crippen molar-refractivity contribution in [2.45, 2.75) is 5.92 Å². The van der Waals surface area contributed by atoms with Gasteiger partial charge in [0, 0.05) is 34.5 Å². The Hall–Kier alpha value is -5.64. The quantitative estimate of drug-likeness (QED) is 0.341. The van der Waals surface area contributed by atoms with Crippen molar-refractivity contribution in [1.29, 1.82) is 0 Å². The number of nitrogen functional groups attached to an aromatic ring is 1. The molecule has 3 heteroatoms. The van der Waals surface area contributed by atoms with Crippen molar-refractivity contribution in [2.75, 3.05) is 5.73 Å². The van der Waals surface area contributed by atoms with Gasteiger partial charge < -0.3 is 16.2 Å². The van der Waals surface area contributed by atoms with E-state index in [0.717, 1.165) is 49.4 Å². The fourth-order valence-electron chi connectivity index (χ4n) is 5.07. The highest BCUT2D eigenvalue weighted by atomic mass is 16.5. The Labute approximate surface area is 234 Å². The number of benzene rings is 2. The minimum absolute atomic E-state index is 0.195. The smallest absolute Gasteiger partial charge is 0.139 e. The van der Waals surface area contributed by atoms with Crippen LogP contribution in [-0.2, 0) is 4.74 Å². The number of nitrogens with two attached hydrogens (primary N) is 2. The topological polar surface area (TPSA) is 61.3 Å². The minimum Gasteiger partial charge on any atom is -0.456 e. The van der Waals surface area contributed by atoms with Gasteiger partial charge >= 0.3 is 0 Å². The second-order valence-corrected chi connectivity index (χ2v) is 9.73. The SMILES string of the molecule is C=CC1=C(/C=c2/cc(N)ccc2=C)C(c2ccc(-c3cc#ccc3)cc2)C2=C=CC3=C(C=C=CC(N)=C3)C=C2O1. The van der Waals surface area contributed by atoms with E-state index in [-0.39, 0.29) is 5.92 Å². The molecule has 0 radical (unpaired) electrons. The molecule has 6 rings (SSSR count). The standard InChI is InChI=1S/C37H26N2O/c1-3-35-34(22-30-21-32(39)18-12-24(30)2)37(27-15-13-26(14-16-27)25-8-5-4-6-9-25)33-19-17-29-20-31(38)11-7-10-28(29)23-36(33)40-35/h3,5,8-18,20-23,37H,1-2,38-39H2/b30-22-. The van der Waals surface area contributed by atoms with Crippen molar-refractivity contribution in [3.63, 3.8) is 0 Å². The fraction of sp³-hybridized carbons (Fsp3) is 0.0270. The molecule has 1 atom stereocenters. The van der Waals surface area contributed by atoms with Gasteiger partial charge in [-0.25, -0.2) is 0 Å². The first kappa shape index (κ1) is 24.7. The van der Waals surface area contributed by atoms with Gasteiger partial charge in [0.05, 0.1) is 0 Å². The van der Waals surface area contributed by atoms with Crippen LogP contribution in [0.3, 0.4) is 0 Å². The summed E-state index contributed by atoms with van der Waals surface area (Å²) in [5, 5.41) is 1.79. The van der Waals surface area contributed by atoms with Gasteiger partial charge in [-0.1, -0.05) is 55.6 Å². The monoisotopic (exact) mass is 514 g/mol. The van der Waals surface area contributed by atoms with Crippen molar-refractivity contribution in [3.05, 3.63) is 183 Å². The summed E-state index contributed by atoms with van der Waals surface area (Å²) in [6.07, 6.45) is 13.4. The van der Waals surface area contributed by atoms with E-state index in [9.17, 15) is 0 Å². The molecule has 0 saturated heterocycles. The predicted molar refractivity (Wildman–Crippen MR) is 162 cm³/mol. The van der Waals surface area contributed by atoms with E-state index >= 15 is 0 Å². The molecule has 3 aliphatic rings. The molecule has 2 aliphatic carbocycles. The van der Waals surface area contributed by atoms with E-state index in [1.54, 1.807) is 12.2 Å². The zero-order valence-electron chi connectivity index (χ0n) is 21.9. The van der Waals surface area contributed by atoms with E-state index in [1.165, 1.54) is 0 Å². The summed E-state index contributed by atoms with van der Waals surface area (Å²) >= 11 is 0. The second-order valence-electron chi connectivity index (χ2n) is 9.73. The van der Waals surface area contributed by atoms with Crippen molar-refractivity contribution in [1.82, 2.24) is 0 Å². The molecule has 0 spiro atoms. The first-order valence-corrected chi connectivity index (χ1v) is 12.9. The van der Waals surface area contributed by atoms with Gasteiger partial charge in [-0.05, 0) is 105 Å². The maximum Gasteiger partial charge on any atom is 0.139 e. The molecule has 1 aliphatic heterocycles. The Kier molecular flexibility index (Phi) is 6.33. The number of ether oxygens (including phenoxy) is 1. The van der Waals surface area contributed by atoms with Crippen LogP contribution in [0.15, 0.2) is 155 Å². The normalized spacial score (nSPS) is 17.9. The lowest BCUT2D eigenvalue weighted by Crippen LogP contribution is -2.25. The average molecular weight is 515 g/mol. The Morgan fingerprint density at radius 1 is 0.875 bits per heavy atom. The van der Waals surface area contributed by atoms with Gasteiger partial charge in [0.2, 0.25) is 0 Å². The maximum absolute atomic E-state index is 6.50. The second kappa shape index (κ2) is 10.3. The Balaban J connectivity index is 1.58. The van der Waals surface area contributed by atoms with Gasteiger partial charge in [0.25, 0.3) is 0 Å². The van der Waals surface area contributed by atoms with Crippen LogP contribution in [0.1, 0.15) is 11.5 Å². The number of rotatable bonds is 4. The largest absolute Gasteiger partial charge is 0.456 e. The lowest BCUT2D eigenvalue weighted by atomic mass is 9.80. The van der Waals surface area contributed by atoms with E-state index in [4.69, 9.17) is 16.2 Å². The Morgan fingerprint density at radius 2 is 1.70 bits per heavy atom. The summed E-state index contributed by atoms with van der Waals surface area (Å²) in [6.45, 7) is 8.31. The molecule has 1 unspecified atom stereocenters. The predicted octanol–water partition coefficient (Wildman–Crippen LogP) is 5.82. The van der Waals surface area contributed by atoms with Gasteiger partial charge in [-0.2, -0.15) is 0 Å². The van der Waals surface area contributed by atoms with E-state index in [1.807, 2.05) is 60.7 Å². The van der Waals surface area contributed by atoms with Gasteiger partial charge in [0.1, 0.15) is 11.5 Å². The molecule has 0 fully saturated rings. The van der Waals surface area contributed by atoms with Crippen molar-refractivity contribution >= 4 is 18.3 Å². The number of hydrogen-bond acceptors (Lipinski definition) is 3. The lowest BCUT2D eigenvalue weighted by Gasteiger charge is -2.30. The van der Waals surface area contributed by atoms with Crippen molar-refractivity contribution < 1.29 is 4.74 Å². The molecule has 4 N–H and O–H groups in total. The molecule has 0 amide bonds. The third-order valence-corrected chi connectivity index (χ3v) is 7.08. The average Bonchev–Trinajstić information content (AvgIpc) is 3.25. The fourth-order valence-corrected chi connectivity index (χ4v) is 5.07. The molecule has 3 nitrogen and oxygen atoms in total. The minimum atomic E-state index is -0.195. The van der Waals surface area contributed by atoms with Crippen LogP contribution >= 0.6 is 0 Å². The summed E-state index contributed by atoms with van der Waals surface area (Å²) in [5.41, 5.74) is 27.3. The summed E-state index contributed by atoms with van der Waals surface area (Å²) in [5.74, 6) is 1.16. The number of allylic oxidation sites excluding steroid dienone is 8. The number of anilines is 1. The van der Waals surface area contributed by atoms with Crippen LogP contribution in [0.5, 0.6) is 0 Å². The van der Waals surface area contributed by atoms with E-state index in [2.05, 4.69) is 67.1 Å². The lowest BCUT2D eigenvalue weighted by molar-refractivity contribution is 0.308. The Bertz CT molecular complexity index is 1920. The molecule has 0 aromatic heterocycles. The van der Waals surface area contributed by atoms with E-state index in [0.29, 0.717) is 22.9 Å². The van der Waals surface area contributed by atoms with Crippen LogP contribution in [-0.4, -0.2) is 0 Å². The molecular formula is C37H26N2O. The first-order chi connectivity index (χ1) is 19.5. The van der Waals surface area contributed by atoms with Crippen LogP contribution < -0.4 is 21.9 Å². The van der Waals surface area contributed by atoms with Crippen LogP contribution in [0, 0.1) is 12.1 Å². The molecular weight excluding hydrogens is 488 g/mol. The van der Waals surface area contributed by atoms with Crippen molar-refractivity contribution in [2.24, 2.45) is 5.73 Å². The van der Waals surface area contributed by atoms with Crippen LogP contribution in [0.4, 0.5) is 5.69 Å². The molecule has 190 valence electrons. The van der Waals surface area contributed by atoms with Gasteiger partial charge in [-0.3, -0.25) is 0 Å². The maximum atomic E-state index is 6.50. The summed E-state index contributed by atoms with van der Waals surface area (Å²) in [7, 11) is 0. The van der Waals surface area contributed by atoms with Gasteiger partial charge in [-0.15, -0.1) is 11.5 Å². The molecule has 3 aromatic carbocycles. The first-order valence-electron chi connectivity index (χ1n) is 12.9. The zero-order valence-corrected chi connectivity index (χ0v) is 21.9. The number of hydrogen-bond donors (Lipinski definition) is 2. The van der Waals surface area contributed by atoms with Crippen LogP contribution in [0.2, 0.25) is 0 Å². The summed E-state index contributed by atoms with van der Waals surface area (Å²) in [4.78, 5) is 0.